The molecule has 3 aromatic carbocycles. The summed E-state index contributed by atoms with van der Waals surface area (Å²) >= 11 is 0. The van der Waals surface area contributed by atoms with Crippen LogP contribution >= 0.6 is 0 Å². The highest BCUT2D eigenvalue weighted by molar-refractivity contribution is 5.87. The first-order valence-corrected chi connectivity index (χ1v) is 11.1. The van der Waals surface area contributed by atoms with E-state index in [1.54, 1.807) is 6.07 Å². The molecule has 1 N–H and O–H groups in total. The minimum Gasteiger partial charge on any atom is -0.352 e. The maximum atomic E-state index is 12.8. The van der Waals surface area contributed by atoms with Crippen LogP contribution in [-0.4, -0.2) is 24.8 Å². The van der Waals surface area contributed by atoms with Crippen LogP contribution in [0.1, 0.15) is 17.0 Å². The molecule has 168 valence electrons. The number of nitrogens with one attached hydrogen (secondary N) is 1. The standard InChI is InChI=1S/C27H17N5O3/c33-27-32(25(31-35-27)22-15-18-9-3-5-11-21(18)28-22)23-12-6-4-10-20(23)26-29-24(30-34-26)19-13-16-7-1-2-8-17(16)14-19/h1-13,15,28H,14H2. The third-order valence-corrected chi connectivity index (χ3v) is 6.23. The van der Waals surface area contributed by atoms with Crippen LogP contribution in [-0.2, 0) is 6.42 Å². The van der Waals surface area contributed by atoms with Gasteiger partial charge in [-0.2, -0.15) is 4.98 Å². The topological polar surface area (TPSA) is 103 Å². The summed E-state index contributed by atoms with van der Waals surface area (Å²) < 4.78 is 12.1. The second-order valence-corrected chi connectivity index (χ2v) is 8.36. The molecule has 0 spiro atoms. The van der Waals surface area contributed by atoms with E-state index in [2.05, 4.69) is 38.5 Å². The lowest BCUT2D eigenvalue weighted by Gasteiger charge is -2.07. The summed E-state index contributed by atoms with van der Waals surface area (Å²) in [6, 6.07) is 25.3. The number of fused-ring (bicyclic) bond motifs is 2. The van der Waals surface area contributed by atoms with Crippen molar-refractivity contribution in [2.45, 2.75) is 6.42 Å². The summed E-state index contributed by atoms with van der Waals surface area (Å²) in [5.74, 6) is 0.579. The molecule has 0 atom stereocenters. The second kappa shape index (κ2) is 7.53. The zero-order valence-corrected chi connectivity index (χ0v) is 18.3. The maximum absolute atomic E-state index is 12.8. The number of aromatic nitrogens is 5. The van der Waals surface area contributed by atoms with Crippen molar-refractivity contribution in [3.63, 3.8) is 0 Å². The Labute approximate surface area is 198 Å². The summed E-state index contributed by atoms with van der Waals surface area (Å²) in [7, 11) is 0. The van der Waals surface area contributed by atoms with Gasteiger partial charge in [0.1, 0.15) is 0 Å². The highest BCUT2D eigenvalue weighted by atomic mass is 16.5. The van der Waals surface area contributed by atoms with Gasteiger partial charge in [0.25, 0.3) is 5.89 Å². The van der Waals surface area contributed by atoms with E-state index >= 15 is 0 Å². The lowest BCUT2D eigenvalue weighted by atomic mass is 10.1. The highest BCUT2D eigenvalue weighted by Gasteiger charge is 2.23. The van der Waals surface area contributed by atoms with Crippen molar-refractivity contribution in [1.29, 1.82) is 0 Å². The number of rotatable bonds is 4. The monoisotopic (exact) mass is 459 g/mol. The first kappa shape index (κ1) is 19.5. The normalized spacial score (nSPS) is 12.7. The fourth-order valence-corrected chi connectivity index (χ4v) is 4.56. The third kappa shape index (κ3) is 3.15. The number of nitrogens with zero attached hydrogens (tertiary/aromatic N) is 4. The first-order chi connectivity index (χ1) is 17.2. The fourth-order valence-electron chi connectivity index (χ4n) is 4.56. The third-order valence-electron chi connectivity index (χ3n) is 6.23. The summed E-state index contributed by atoms with van der Waals surface area (Å²) in [6.07, 6.45) is 2.82. The maximum Gasteiger partial charge on any atom is 0.446 e. The van der Waals surface area contributed by atoms with Gasteiger partial charge < -0.3 is 9.51 Å². The van der Waals surface area contributed by atoms with Crippen molar-refractivity contribution in [3.05, 3.63) is 106 Å². The zero-order valence-electron chi connectivity index (χ0n) is 18.3. The molecule has 8 nitrogen and oxygen atoms in total. The molecule has 0 saturated heterocycles. The average Bonchev–Trinajstić information content (AvgIpc) is 3.68. The van der Waals surface area contributed by atoms with Crippen LogP contribution in [0.25, 0.3) is 51.2 Å². The van der Waals surface area contributed by atoms with Gasteiger partial charge in [0.15, 0.2) is 5.82 Å². The van der Waals surface area contributed by atoms with Gasteiger partial charge in [0, 0.05) is 22.9 Å². The number of para-hydroxylation sites is 2. The molecule has 0 amide bonds. The SMILES string of the molecule is O=c1onc(-c2cc3ccccc3[nH]2)n1-c1ccccc1-c1nc(C2=Cc3ccccc3C2)no1. The molecule has 0 unspecified atom stereocenters. The Morgan fingerprint density at radius 2 is 1.71 bits per heavy atom. The molecule has 0 radical (unpaired) electrons. The van der Waals surface area contributed by atoms with Crippen LogP contribution < -0.4 is 5.76 Å². The van der Waals surface area contributed by atoms with Crippen LogP contribution in [0.15, 0.2) is 92.7 Å². The number of benzene rings is 3. The lowest BCUT2D eigenvalue weighted by Crippen LogP contribution is -2.14. The van der Waals surface area contributed by atoms with E-state index in [-0.39, 0.29) is 0 Å². The predicted octanol–water partition coefficient (Wildman–Crippen LogP) is 5.12. The highest BCUT2D eigenvalue weighted by Crippen LogP contribution is 2.33. The van der Waals surface area contributed by atoms with Gasteiger partial charge in [0.05, 0.1) is 16.9 Å². The Balaban J connectivity index is 1.32. The van der Waals surface area contributed by atoms with Crippen LogP contribution in [0.2, 0.25) is 0 Å². The van der Waals surface area contributed by atoms with Gasteiger partial charge in [-0.15, -0.1) is 0 Å². The quantitative estimate of drug-likeness (QED) is 0.393. The summed E-state index contributed by atoms with van der Waals surface area (Å²) in [4.78, 5) is 20.8. The fraction of sp³-hybridized carbons (Fsp3) is 0.0370. The van der Waals surface area contributed by atoms with Crippen LogP contribution in [0.3, 0.4) is 0 Å². The molecule has 1 aliphatic carbocycles. The molecule has 1 aliphatic rings. The Bertz CT molecular complexity index is 1780. The smallest absolute Gasteiger partial charge is 0.352 e. The number of aromatic amines is 1. The van der Waals surface area contributed by atoms with E-state index < -0.39 is 5.76 Å². The average molecular weight is 459 g/mol. The Morgan fingerprint density at radius 3 is 2.63 bits per heavy atom. The van der Waals surface area contributed by atoms with Crippen molar-refractivity contribution in [2.75, 3.05) is 0 Å². The van der Waals surface area contributed by atoms with Crippen molar-refractivity contribution < 1.29 is 9.05 Å². The van der Waals surface area contributed by atoms with Gasteiger partial charge in [-0.1, -0.05) is 64.9 Å². The van der Waals surface area contributed by atoms with E-state index in [4.69, 9.17) is 9.05 Å². The van der Waals surface area contributed by atoms with Gasteiger partial charge in [-0.05, 0) is 41.5 Å². The van der Waals surface area contributed by atoms with E-state index in [1.807, 2.05) is 60.7 Å². The molecule has 8 heteroatoms. The molecule has 0 saturated carbocycles. The van der Waals surface area contributed by atoms with E-state index in [0.717, 1.165) is 28.5 Å². The molecular weight excluding hydrogens is 442 g/mol. The Hall–Kier alpha value is -4.98. The van der Waals surface area contributed by atoms with Crippen molar-refractivity contribution >= 4 is 22.6 Å². The van der Waals surface area contributed by atoms with E-state index in [9.17, 15) is 4.79 Å². The molecule has 0 aliphatic heterocycles. The minimum atomic E-state index is -0.611. The molecule has 0 fully saturated rings. The molecule has 3 aromatic heterocycles. The second-order valence-electron chi connectivity index (χ2n) is 8.36. The van der Waals surface area contributed by atoms with Gasteiger partial charge in [0.2, 0.25) is 5.82 Å². The number of allylic oxidation sites excluding steroid dienone is 1. The lowest BCUT2D eigenvalue weighted by molar-refractivity contribution is 0.383. The summed E-state index contributed by atoms with van der Waals surface area (Å²) in [6.45, 7) is 0. The molecule has 35 heavy (non-hydrogen) atoms. The first-order valence-electron chi connectivity index (χ1n) is 11.1. The minimum absolute atomic E-state index is 0.308. The Morgan fingerprint density at radius 1 is 0.886 bits per heavy atom. The Kier molecular flexibility index (Phi) is 4.19. The van der Waals surface area contributed by atoms with Gasteiger partial charge in [-0.25, -0.2) is 9.36 Å². The van der Waals surface area contributed by atoms with Crippen molar-refractivity contribution in [3.8, 4) is 28.7 Å². The largest absolute Gasteiger partial charge is 0.446 e. The van der Waals surface area contributed by atoms with Crippen LogP contribution in [0.4, 0.5) is 0 Å². The number of hydrogen-bond acceptors (Lipinski definition) is 6. The molecule has 0 bridgehead atoms. The van der Waals surface area contributed by atoms with Crippen molar-refractivity contribution in [1.82, 2.24) is 24.8 Å². The zero-order chi connectivity index (χ0) is 23.4. The predicted molar refractivity (Wildman–Crippen MR) is 131 cm³/mol. The molecule has 7 rings (SSSR count). The van der Waals surface area contributed by atoms with Crippen molar-refractivity contribution in [2.24, 2.45) is 0 Å². The number of H-pyrrole nitrogens is 1. The van der Waals surface area contributed by atoms with Crippen LogP contribution in [0.5, 0.6) is 0 Å². The van der Waals surface area contributed by atoms with E-state index in [0.29, 0.717) is 34.5 Å². The summed E-state index contributed by atoms with van der Waals surface area (Å²) in [5.41, 5.74) is 6.11. The molecule has 6 aromatic rings. The molecule has 3 heterocycles. The summed E-state index contributed by atoms with van der Waals surface area (Å²) in [5, 5.41) is 9.28. The van der Waals surface area contributed by atoms with Crippen LogP contribution in [0, 0.1) is 0 Å². The van der Waals surface area contributed by atoms with Gasteiger partial charge >= 0.3 is 5.76 Å². The molecular formula is C27H17N5O3. The van der Waals surface area contributed by atoms with E-state index in [1.165, 1.54) is 10.1 Å². The van der Waals surface area contributed by atoms with Gasteiger partial charge in [-0.3, -0.25) is 4.52 Å². The number of hydrogen-bond donors (Lipinski definition) is 1.